The standard InChI is InChI=1S/C23H19ClN2O/c24-17-12-10-16(11-13-17)21-23(14-20(25-21)15-6-2-1-3-7-15)18-8-4-5-9-19(18)26-22(23)27/h1-13,20-21,25H,14H2,(H,26,27). The van der Waals surface area contributed by atoms with E-state index in [4.69, 9.17) is 11.6 Å². The Kier molecular flexibility index (Phi) is 3.81. The van der Waals surface area contributed by atoms with Gasteiger partial charge in [-0.15, -0.1) is 0 Å². The number of benzene rings is 3. The van der Waals surface area contributed by atoms with Gasteiger partial charge in [-0.2, -0.15) is 0 Å². The Morgan fingerprint density at radius 2 is 1.56 bits per heavy atom. The molecule has 2 aliphatic heterocycles. The smallest absolute Gasteiger partial charge is 0.237 e. The van der Waals surface area contributed by atoms with Gasteiger partial charge in [0.05, 0.1) is 11.5 Å². The number of para-hydroxylation sites is 1. The van der Waals surface area contributed by atoms with E-state index in [-0.39, 0.29) is 18.0 Å². The van der Waals surface area contributed by atoms with E-state index in [2.05, 4.69) is 28.8 Å². The first-order chi connectivity index (χ1) is 13.2. The SMILES string of the molecule is O=C1Nc2ccccc2C12CC(c1ccccc1)NC2c1ccc(Cl)cc1. The van der Waals surface area contributed by atoms with Crippen molar-refractivity contribution in [3.05, 3.63) is 101 Å². The number of carbonyl (C=O) groups excluding carboxylic acids is 1. The molecule has 2 aliphatic rings. The minimum atomic E-state index is -0.634. The van der Waals surface area contributed by atoms with Crippen molar-refractivity contribution in [2.24, 2.45) is 0 Å². The van der Waals surface area contributed by atoms with Crippen molar-refractivity contribution in [1.29, 1.82) is 0 Å². The molecular weight excluding hydrogens is 356 g/mol. The number of rotatable bonds is 2. The first-order valence-corrected chi connectivity index (χ1v) is 9.54. The molecule has 3 nitrogen and oxygen atoms in total. The molecule has 0 saturated carbocycles. The van der Waals surface area contributed by atoms with E-state index in [0.29, 0.717) is 11.4 Å². The summed E-state index contributed by atoms with van der Waals surface area (Å²) in [5.74, 6) is 0.0644. The summed E-state index contributed by atoms with van der Waals surface area (Å²) in [5, 5.41) is 7.55. The van der Waals surface area contributed by atoms with E-state index < -0.39 is 5.41 Å². The summed E-state index contributed by atoms with van der Waals surface area (Å²) in [6, 6.07) is 26.2. The van der Waals surface area contributed by atoms with Crippen molar-refractivity contribution in [2.75, 3.05) is 5.32 Å². The van der Waals surface area contributed by atoms with Gasteiger partial charge in [0.15, 0.2) is 0 Å². The monoisotopic (exact) mass is 374 g/mol. The van der Waals surface area contributed by atoms with Gasteiger partial charge in [0.1, 0.15) is 0 Å². The van der Waals surface area contributed by atoms with Crippen molar-refractivity contribution >= 4 is 23.2 Å². The van der Waals surface area contributed by atoms with Crippen LogP contribution in [-0.4, -0.2) is 5.91 Å². The molecule has 1 saturated heterocycles. The number of carbonyl (C=O) groups is 1. The van der Waals surface area contributed by atoms with Gasteiger partial charge < -0.3 is 10.6 Å². The van der Waals surface area contributed by atoms with Crippen LogP contribution in [0.25, 0.3) is 0 Å². The van der Waals surface area contributed by atoms with Crippen LogP contribution < -0.4 is 10.6 Å². The minimum Gasteiger partial charge on any atom is -0.325 e. The highest BCUT2D eigenvalue weighted by atomic mass is 35.5. The fraction of sp³-hybridized carbons (Fsp3) is 0.174. The number of fused-ring (bicyclic) bond motifs is 2. The van der Waals surface area contributed by atoms with Gasteiger partial charge in [-0.3, -0.25) is 4.79 Å². The number of halogens is 1. The van der Waals surface area contributed by atoms with Crippen LogP contribution in [0.3, 0.4) is 0 Å². The minimum absolute atomic E-state index is 0.0644. The molecule has 3 aromatic carbocycles. The topological polar surface area (TPSA) is 41.1 Å². The summed E-state index contributed by atoms with van der Waals surface area (Å²) in [6.45, 7) is 0. The Morgan fingerprint density at radius 3 is 2.33 bits per heavy atom. The Bertz CT molecular complexity index is 1000. The lowest BCUT2D eigenvalue weighted by Crippen LogP contribution is -2.39. The second-order valence-corrected chi connectivity index (χ2v) is 7.73. The van der Waals surface area contributed by atoms with Crippen molar-refractivity contribution in [3.8, 4) is 0 Å². The number of hydrogen-bond donors (Lipinski definition) is 2. The van der Waals surface area contributed by atoms with E-state index in [0.717, 1.165) is 16.8 Å². The van der Waals surface area contributed by atoms with Gasteiger partial charge in [-0.25, -0.2) is 0 Å². The molecule has 3 aromatic rings. The average molecular weight is 375 g/mol. The molecule has 5 rings (SSSR count). The average Bonchev–Trinajstić information content (AvgIpc) is 3.23. The largest absolute Gasteiger partial charge is 0.325 e. The lowest BCUT2D eigenvalue weighted by atomic mass is 9.72. The quantitative estimate of drug-likeness (QED) is 0.662. The molecule has 0 radical (unpaired) electrons. The molecule has 3 atom stereocenters. The highest BCUT2D eigenvalue weighted by Crippen LogP contribution is 2.55. The third-order valence-electron chi connectivity index (χ3n) is 5.85. The first kappa shape index (κ1) is 16.5. The number of amides is 1. The zero-order valence-electron chi connectivity index (χ0n) is 14.7. The van der Waals surface area contributed by atoms with E-state index in [1.54, 1.807) is 0 Å². The van der Waals surface area contributed by atoms with Gasteiger partial charge in [0.2, 0.25) is 5.91 Å². The molecule has 4 heteroatoms. The van der Waals surface area contributed by atoms with Crippen molar-refractivity contribution < 1.29 is 4.79 Å². The fourth-order valence-electron chi connectivity index (χ4n) is 4.60. The summed E-state index contributed by atoms with van der Waals surface area (Å²) < 4.78 is 0. The van der Waals surface area contributed by atoms with Gasteiger partial charge >= 0.3 is 0 Å². The second kappa shape index (κ2) is 6.22. The summed E-state index contributed by atoms with van der Waals surface area (Å²) in [4.78, 5) is 13.3. The van der Waals surface area contributed by atoms with Crippen molar-refractivity contribution in [3.63, 3.8) is 0 Å². The number of nitrogens with one attached hydrogen (secondary N) is 2. The van der Waals surface area contributed by atoms with Crippen LogP contribution >= 0.6 is 11.6 Å². The Labute approximate surface area is 163 Å². The summed E-state index contributed by atoms with van der Waals surface area (Å²) in [7, 11) is 0. The van der Waals surface area contributed by atoms with Crippen LogP contribution in [0, 0.1) is 0 Å². The van der Waals surface area contributed by atoms with Crippen LogP contribution in [0.2, 0.25) is 5.02 Å². The molecule has 0 bridgehead atoms. The third kappa shape index (κ3) is 2.50. The van der Waals surface area contributed by atoms with Crippen molar-refractivity contribution in [2.45, 2.75) is 23.9 Å². The molecule has 1 amide bonds. The van der Waals surface area contributed by atoms with E-state index in [1.165, 1.54) is 5.56 Å². The second-order valence-electron chi connectivity index (χ2n) is 7.29. The van der Waals surface area contributed by atoms with Crippen LogP contribution in [0.4, 0.5) is 5.69 Å². The zero-order valence-corrected chi connectivity index (χ0v) is 15.4. The van der Waals surface area contributed by atoms with E-state index in [9.17, 15) is 4.79 Å². The predicted molar refractivity (Wildman–Crippen MR) is 108 cm³/mol. The fourth-order valence-corrected chi connectivity index (χ4v) is 4.73. The summed E-state index contributed by atoms with van der Waals surface area (Å²) in [6.07, 6.45) is 0.715. The molecular formula is C23H19ClN2O. The van der Waals surface area contributed by atoms with Crippen LogP contribution in [0.5, 0.6) is 0 Å². The van der Waals surface area contributed by atoms with Gasteiger partial charge in [-0.1, -0.05) is 72.3 Å². The molecule has 27 heavy (non-hydrogen) atoms. The molecule has 1 fully saturated rings. The van der Waals surface area contributed by atoms with E-state index in [1.807, 2.05) is 60.7 Å². The molecule has 2 heterocycles. The first-order valence-electron chi connectivity index (χ1n) is 9.16. The highest BCUT2D eigenvalue weighted by Gasteiger charge is 2.58. The Morgan fingerprint density at radius 1 is 0.852 bits per heavy atom. The molecule has 134 valence electrons. The van der Waals surface area contributed by atoms with Crippen LogP contribution in [-0.2, 0) is 10.2 Å². The van der Waals surface area contributed by atoms with Gasteiger partial charge in [-0.05, 0) is 41.3 Å². The van der Waals surface area contributed by atoms with Crippen LogP contribution in [0.1, 0.15) is 35.2 Å². The lowest BCUT2D eigenvalue weighted by Gasteiger charge is -2.29. The molecule has 0 aromatic heterocycles. The normalized spacial score (nSPS) is 26.2. The van der Waals surface area contributed by atoms with E-state index >= 15 is 0 Å². The molecule has 1 spiro atoms. The molecule has 3 unspecified atom stereocenters. The maximum absolute atomic E-state index is 13.3. The molecule has 2 N–H and O–H groups in total. The van der Waals surface area contributed by atoms with Crippen molar-refractivity contribution in [1.82, 2.24) is 5.32 Å². The zero-order chi connectivity index (χ0) is 18.4. The van der Waals surface area contributed by atoms with Gasteiger partial charge in [0.25, 0.3) is 0 Å². The van der Waals surface area contributed by atoms with Crippen LogP contribution in [0.15, 0.2) is 78.9 Å². The Hall–Kier alpha value is -2.62. The Balaban J connectivity index is 1.67. The maximum Gasteiger partial charge on any atom is 0.237 e. The number of anilines is 1. The summed E-state index contributed by atoms with van der Waals surface area (Å²) >= 11 is 6.10. The molecule has 0 aliphatic carbocycles. The third-order valence-corrected chi connectivity index (χ3v) is 6.11. The maximum atomic E-state index is 13.3. The highest BCUT2D eigenvalue weighted by molar-refractivity contribution is 6.30. The lowest BCUT2D eigenvalue weighted by molar-refractivity contribution is -0.121. The van der Waals surface area contributed by atoms with Gasteiger partial charge in [0, 0.05) is 16.8 Å². The number of hydrogen-bond acceptors (Lipinski definition) is 2. The summed E-state index contributed by atoms with van der Waals surface area (Å²) in [5.41, 5.74) is 3.62. The predicted octanol–water partition coefficient (Wildman–Crippen LogP) is 5.01.